The van der Waals surface area contributed by atoms with E-state index in [-0.39, 0.29) is 0 Å². The second-order valence-electron chi connectivity index (χ2n) is 5.51. The molecular weight excluding hydrogens is 232 g/mol. The Hall–Kier alpha value is -0.730. The monoisotopic (exact) mass is 250 g/mol. The van der Waals surface area contributed by atoms with Crippen LogP contribution in [0.3, 0.4) is 0 Å². The second kappa shape index (κ2) is 4.51. The van der Waals surface area contributed by atoms with Gasteiger partial charge in [-0.3, -0.25) is 0 Å². The lowest BCUT2D eigenvalue weighted by molar-refractivity contribution is 0.0719. The van der Waals surface area contributed by atoms with E-state index in [0.717, 1.165) is 5.02 Å². The molecule has 1 heterocycles. The van der Waals surface area contributed by atoms with E-state index >= 15 is 0 Å². The minimum atomic E-state index is 0.648. The molecule has 2 nitrogen and oxygen atoms in total. The van der Waals surface area contributed by atoms with E-state index in [9.17, 15) is 0 Å². The first kappa shape index (κ1) is 11.4. The van der Waals surface area contributed by atoms with Gasteiger partial charge in [-0.05, 0) is 68.5 Å². The van der Waals surface area contributed by atoms with Crippen molar-refractivity contribution in [1.82, 2.24) is 5.32 Å². The summed E-state index contributed by atoms with van der Waals surface area (Å²) in [6, 6.07) is 8.69. The summed E-state index contributed by atoms with van der Waals surface area (Å²) in [5.41, 5.74) is 1.85. The first-order valence-electron chi connectivity index (χ1n) is 6.49. The molecule has 3 rings (SSSR count). The van der Waals surface area contributed by atoms with Gasteiger partial charge in [0.05, 0.1) is 0 Å². The summed E-state index contributed by atoms with van der Waals surface area (Å²) in [4.78, 5) is 0. The van der Waals surface area contributed by atoms with Crippen molar-refractivity contribution in [3.63, 3.8) is 0 Å². The number of halogens is 1. The minimum absolute atomic E-state index is 0.648. The van der Waals surface area contributed by atoms with Gasteiger partial charge in [-0.2, -0.15) is 0 Å². The van der Waals surface area contributed by atoms with Crippen LogP contribution in [0, 0.1) is 5.41 Å². The number of hydrogen-bond donors (Lipinski definition) is 2. The molecule has 0 bridgehead atoms. The number of nitrogens with one attached hydrogen (secondary N) is 2. The van der Waals surface area contributed by atoms with Crippen molar-refractivity contribution in [3.8, 4) is 0 Å². The Kier molecular flexibility index (Phi) is 3.01. The van der Waals surface area contributed by atoms with E-state index in [1.165, 1.54) is 44.5 Å². The topological polar surface area (TPSA) is 24.1 Å². The molecule has 0 radical (unpaired) electrons. The summed E-state index contributed by atoms with van der Waals surface area (Å²) >= 11 is 5.88. The molecule has 2 N–H and O–H groups in total. The molecular formula is C14H19ClN2. The summed E-state index contributed by atoms with van der Waals surface area (Å²) in [6.45, 7) is 2.40. The number of piperidine rings is 1. The maximum absolute atomic E-state index is 5.88. The molecule has 0 amide bonds. The number of anilines is 1. The van der Waals surface area contributed by atoms with Gasteiger partial charge in [0.15, 0.2) is 0 Å². The van der Waals surface area contributed by atoms with Crippen LogP contribution in [0.2, 0.25) is 5.02 Å². The van der Waals surface area contributed by atoms with Crippen molar-refractivity contribution in [2.75, 3.05) is 18.4 Å². The van der Waals surface area contributed by atoms with Crippen LogP contribution in [0.1, 0.15) is 25.7 Å². The Morgan fingerprint density at radius 2 is 1.76 bits per heavy atom. The molecule has 3 heteroatoms. The lowest BCUT2D eigenvalue weighted by atomic mass is 9.60. The fraction of sp³-hybridized carbons (Fsp3) is 0.571. The summed E-state index contributed by atoms with van der Waals surface area (Å²) in [7, 11) is 0. The SMILES string of the molecule is Clc1ccc(NC2CC3(CCNCC3)C2)cc1. The van der Waals surface area contributed by atoms with Crippen LogP contribution >= 0.6 is 11.6 Å². The average Bonchev–Trinajstić information content (AvgIpc) is 2.31. The summed E-state index contributed by atoms with van der Waals surface area (Å²) in [6.07, 6.45) is 5.37. The van der Waals surface area contributed by atoms with Crippen LogP contribution in [0.5, 0.6) is 0 Å². The van der Waals surface area contributed by atoms with E-state index in [0.29, 0.717) is 11.5 Å². The van der Waals surface area contributed by atoms with E-state index in [1.54, 1.807) is 0 Å². The molecule has 1 saturated carbocycles. The number of hydrogen-bond acceptors (Lipinski definition) is 2. The molecule has 2 fully saturated rings. The molecule has 1 spiro atoms. The van der Waals surface area contributed by atoms with Crippen LogP contribution in [0.4, 0.5) is 5.69 Å². The molecule has 1 aromatic carbocycles. The van der Waals surface area contributed by atoms with Crippen LogP contribution in [0.25, 0.3) is 0 Å². The van der Waals surface area contributed by atoms with E-state index in [2.05, 4.69) is 22.8 Å². The lowest BCUT2D eigenvalue weighted by Crippen LogP contribution is -2.50. The van der Waals surface area contributed by atoms with E-state index < -0.39 is 0 Å². The van der Waals surface area contributed by atoms with Gasteiger partial charge in [0, 0.05) is 16.8 Å². The Morgan fingerprint density at radius 1 is 1.12 bits per heavy atom. The Labute approximate surface area is 108 Å². The van der Waals surface area contributed by atoms with Crippen molar-refractivity contribution < 1.29 is 0 Å². The predicted octanol–water partition coefficient (Wildman–Crippen LogP) is 3.28. The highest BCUT2D eigenvalue weighted by Gasteiger charge is 2.44. The first-order chi connectivity index (χ1) is 8.26. The van der Waals surface area contributed by atoms with Gasteiger partial charge in [0.1, 0.15) is 0 Å². The quantitative estimate of drug-likeness (QED) is 0.842. The van der Waals surface area contributed by atoms with Gasteiger partial charge >= 0.3 is 0 Å². The standard InChI is InChI=1S/C14H19ClN2/c15-11-1-3-12(4-2-11)17-13-9-14(10-13)5-7-16-8-6-14/h1-4,13,16-17H,5-10H2. The molecule has 0 unspecified atom stereocenters. The lowest BCUT2D eigenvalue weighted by Gasteiger charge is -2.50. The normalized spacial score (nSPS) is 23.4. The van der Waals surface area contributed by atoms with Crippen LogP contribution in [-0.4, -0.2) is 19.1 Å². The molecule has 1 saturated heterocycles. The molecule has 1 aliphatic heterocycles. The summed E-state index contributed by atoms with van der Waals surface area (Å²) in [5, 5.41) is 7.85. The van der Waals surface area contributed by atoms with Crippen molar-refractivity contribution in [3.05, 3.63) is 29.3 Å². The van der Waals surface area contributed by atoms with Crippen molar-refractivity contribution in [1.29, 1.82) is 0 Å². The van der Waals surface area contributed by atoms with Crippen molar-refractivity contribution >= 4 is 17.3 Å². The third-order valence-electron chi connectivity index (χ3n) is 4.24. The zero-order chi connectivity index (χ0) is 11.7. The third kappa shape index (κ3) is 2.43. The van der Waals surface area contributed by atoms with Crippen molar-refractivity contribution in [2.45, 2.75) is 31.7 Å². The number of rotatable bonds is 2. The zero-order valence-corrected chi connectivity index (χ0v) is 10.8. The third-order valence-corrected chi connectivity index (χ3v) is 4.49. The summed E-state index contributed by atoms with van der Waals surface area (Å²) < 4.78 is 0. The molecule has 2 aliphatic rings. The zero-order valence-electron chi connectivity index (χ0n) is 10.0. The van der Waals surface area contributed by atoms with E-state index in [1.807, 2.05) is 12.1 Å². The van der Waals surface area contributed by atoms with Crippen LogP contribution in [-0.2, 0) is 0 Å². The van der Waals surface area contributed by atoms with Gasteiger partial charge in [-0.1, -0.05) is 11.6 Å². The summed E-state index contributed by atoms with van der Waals surface area (Å²) in [5.74, 6) is 0. The highest BCUT2D eigenvalue weighted by atomic mass is 35.5. The second-order valence-corrected chi connectivity index (χ2v) is 5.94. The van der Waals surface area contributed by atoms with E-state index in [4.69, 9.17) is 11.6 Å². The largest absolute Gasteiger partial charge is 0.382 e. The van der Waals surface area contributed by atoms with Crippen LogP contribution in [0.15, 0.2) is 24.3 Å². The Bertz CT molecular complexity index is 374. The van der Waals surface area contributed by atoms with Gasteiger partial charge in [-0.15, -0.1) is 0 Å². The molecule has 17 heavy (non-hydrogen) atoms. The fourth-order valence-corrected chi connectivity index (χ4v) is 3.36. The van der Waals surface area contributed by atoms with Gasteiger partial charge in [-0.25, -0.2) is 0 Å². The maximum atomic E-state index is 5.88. The van der Waals surface area contributed by atoms with Gasteiger partial charge in [0.25, 0.3) is 0 Å². The molecule has 0 atom stereocenters. The number of benzene rings is 1. The highest BCUT2D eigenvalue weighted by molar-refractivity contribution is 6.30. The molecule has 1 aliphatic carbocycles. The van der Waals surface area contributed by atoms with Gasteiger partial charge in [0.2, 0.25) is 0 Å². The van der Waals surface area contributed by atoms with Crippen LogP contribution < -0.4 is 10.6 Å². The van der Waals surface area contributed by atoms with Crippen molar-refractivity contribution in [2.24, 2.45) is 5.41 Å². The predicted molar refractivity (Wildman–Crippen MR) is 72.6 cm³/mol. The Morgan fingerprint density at radius 3 is 2.41 bits per heavy atom. The highest BCUT2D eigenvalue weighted by Crippen LogP contribution is 2.48. The fourth-order valence-electron chi connectivity index (χ4n) is 3.23. The Balaban J connectivity index is 1.54. The molecule has 92 valence electrons. The minimum Gasteiger partial charge on any atom is -0.382 e. The van der Waals surface area contributed by atoms with Gasteiger partial charge < -0.3 is 10.6 Å². The average molecular weight is 251 g/mol. The molecule has 1 aromatic rings. The maximum Gasteiger partial charge on any atom is 0.0407 e. The smallest absolute Gasteiger partial charge is 0.0407 e. The first-order valence-corrected chi connectivity index (χ1v) is 6.86. The molecule has 0 aromatic heterocycles.